The third kappa shape index (κ3) is 3.04. The second-order valence-electron chi connectivity index (χ2n) is 5.09. The normalized spacial score (nSPS) is 18.1. The van der Waals surface area contributed by atoms with E-state index in [9.17, 15) is 13.2 Å². The van der Waals surface area contributed by atoms with Gasteiger partial charge >= 0.3 is 5.97 Å². The molecule has 1 saturated carbocycles. The molecule has 20 heavy (non-hydrogen) atoms. The second kappa shape index (κ2) is 5.97. The number of furan rings is 1. The summed E-state index contributed by atoms with van der Waals surface area (Å²) in [5.74, 6) is -1.64. The molecule has 1 fully saturated rings. The molecule has 1 aliphatic carbocycles. The molecule has 0 unspecified atom stereocenters. The lowest BCUT2D eigenvalue weighted by Gasteiger charge is -2.25. The minimum Gasteiger partial charge on any atom is -0.475 e. The summed E-state index contributed by atoms with van der Waals surface area (Å²) in [6, 6.07) is 2.32. The third-order valence-electron chi connectivity index (χ3n) is 3.76. The van der Waals surface area contributed by atoms with Crippen molar-refractivity contribution in [2.24, 2.45) is 0 Å². The van der Waals surface area contributed by atoms with E-state index >= 15 is 0 Å². The van der Waals surface area contributed by atoms with E-state index in [0.717, 1.165) is 44.6 Å². The monoisotopic (exact) mass is 301 g/mol. The van der Waals surface area contributed by atoms with Crippen LogP contribution < -0.4 is 0 Å². The molecule has 1 heterocycles. The molecule has 1 N–H and O–H groups in total. The van der Waals surface area contributed by atoms with Crippen LogP contribution in [-0.4, -0.2) is 36.9 Å². The van der Waals surface area contributed by atoms with E-state index in [1.807, 2.05) is 0 Å². The quantitative estimate of drug-likeness (QED) is 0.862. The minimum atomic E-state index is -3.76. The maximum atomic E-state index is 12.4. The molecule has 0 radical (unpaired) electrons. The van der Waals surface area contributed by atoms with Gasteiger partial charge in [-0.3, -0.25) is 0 Å². The Bertz CT molecular complexity index is 569. The van der Waals surface area contributed by atoms with Crippen molar-refractivity contribution in [2.45, 2.75) is 49.7 Å². The van der Waals surface area contributed by atoms with Gasteiger partial charge < -0.3 is 9.52 Å². The second-order valence-corrected chi connectivity index (χ2v) is 7.02. The Morgan fingerprint density at radius 2 is 1.85 bits per heavy atom. The van der Waals surface area contributed by atoms with Gasteiger partial charge in [-0.25, -0.2) is 13.2 Å². The molecule has 0 atom stereocenters. The maximum Gasteiger partial charge on any atom is 0.371 e. The number of sulfonamides is 1. The Labute approximate surface area is 118 Å². The number of hydrogen-bond donors (Lipinski definition) is 1. The topological polar surface area (TPSA) is 87.8 Å². The van der Waals surface area contributed by atoms with E-state index in [4.69, 9.17) is 9.52 Å². The van der Waals surface area contributed by atoms with Crippen molar-refractivity contribution in [1.29, 1.82) is 0 Å². The lowest BCUT2D eigenvalue weighted by molar-refractivity contribution is 0.0656. The van der Waals surface area contributed by atoms with Crippen LogP contribution in [0.5, 0.6) is 0 Å². The van der Waals surface area contributed by atoms with Crippen LogP contribution in [-0.2, 0) is 10.0 Å². The van der Waals surface area contributed by atoms with Gasteiger partial charge in [0.25, 0.3) is 10.0 Å². The zero-order valence-corrected chi connectivity index (χ0v) is 12.2. The van der Waals surface area contributed by atoms with Crippen molar-refractivity contribution in [3.8, 4) is 0 Å². The Kier molecular flexibility index (Phi) is 4.49. The highest BCUT2D eigenvalue weighted by atomic mass is 32.2. The van der Waals surface area contributed by atoms with Crippen molar-refractivity contribution in [1.82, 2.24) is 4.31 Å². The zero-order chi connectivity index (χ0) is 14.8. The molecule has 112 valence electrons. The van der Waals surface area contributed by atoms with Gasteiger partial charge in [-0.05, 0) is 25.0 Å². The van der Waals surface area contributed by atoms with Crippen molar-refractivity contribution in [3.63, 3.8) is 0 Å². The molecule has 7 heteroatoms. The van der Waals surface area contributed by atoms with Crippen LogP contribution in [0.2, 0.25) is 0 Å². The van der Waals surface area contributed by atoms with Gasteiger partial charge in [-0.2, -0.15) is 4.31 Å². The van der Waals surface area contributed by atoms with Gasteiger partial charge in [-0.15, -0.1) is 0 Å². The summed E-state index contributed by atoms with van der Waals surface area (Å²) < 4.78 is 31.1. The fourth-order valence-electron chi connectivity index (χ4n) is 2.53. The lowest BCUT2D eigenvalue weighted by atomic mass is 10.1. The molecule has 0 bridgehead atoms. The Morgan fingerprint density at radius 3 is 2.35 bits per heavy atom. The molecular formula is C13H19NO5S. The van der Waals surface area contributed by atoms with E-state index < -0.39 is 16.0 Å². The Morgan fingerprint density at radius 1 is 1.25 bits per heavy atom. The first-order chi connectivity index (χ1) is 9.43. The summed E-state index contributed by atoms with van der Waals surface area (Å²) in [5, 5.41) is 8.48. The number of rotatable bonds is 4. The minimum absolute atomic E-state index is 0.0409. The predicted octanol–water partition coefficient (Wildman–Crippen LogP) is 2.32. The summed E-state index contributed by atoms with van der Waals surface area (Å²) in [5.41, 5.74) is 0. The van der Waals surface area contributed by atoms with Crippen LogP contribution in [0.4, 0.5) is 0 Å². The smallest absolute Gasteiger partial charge is 0.371 e. The fourth-order valence-corrected chi connectivity index (χ4v) is 3.86. The maximum absolute atomic E-state index is 12.4. The molecule has 0 spiro atoms. The standard InChI is InChI=1S/C13H19NO5S/c1-14(10-6-4-2-3-5-7-10)20(17,18)12-9-8-11(19-12)13(15)16/h8-10H,2-7H2,1H3,(H,15,16). The molecule has 1 aromatic rings. The highest BCUT2D eigenvalue weighted by molar-refractivity contribution is 7.89. The average molecular weight is 301 g/mol. The van der Waals surface area contributed by atoms with E-state index in [2.05, 4.69) is 0 Å². The summed E-state index contributed by atoms with van der Waals surface area (Å²) >= 11 is 0. The molecule has 6 nitrogen and oxygen atoms in total. The number of nitrogens with zero attached hydrogens (tertiary/aromatic N) is 1. The predicted molar refractivity (Wildman–Crippen MR) is 72.1 cm³/mol. The molecule has 0 saturated heterocycles. The van der Waals surface area contributed by atoms with Crippen molar-refractivity contribution in [2.75, 3.05) is 7.05 Å². The lowest BCUT2D eigenvalue weighted by Crippen LogP contribution is -2.36. The average Bonchev–Trinajstić information content (AvgIpc) is 2.76. The largest absolute Gasteiger partial charge is 0.475 e. The van der Waals surface area contributed by atoms with E-state index in [1.165, 1.54) is 17.4 Å². The number of carbonyl (C=O) groups is 1. The van der Waals surface area contributed by atoms with Crippen LogP contribution in [0.15, 0.2) is 21.6 Å². The highest BCUT2D eigenvalue weighted by Crippen LogP contribution is 2.26. The summed E-state index contributed by atoms with van der Waals surface area (Å²) in [6.07, 6.45) is 5.97. The van der Waals surface area contributed by atoms with Gasteiger partial charge in [0.15, 0.2) is 0 Å². The molecule has 2 rings (SSSR count). The van der Waals surface area contributed by atoms with Crippen LogP contribution in [0.1, 0.15) is 49.1 Å². The fraction of sp³-hybridized carbons (Fsp3) is 0.615. The summed E-state index contributed by atoms with van der Waals surface area (Å²) in [7, 11) is -2.23. The van der Waals surface area contributed by atoms with Gasteiger partial charge in [0, 0.05) is 13.1 Å². The molecular weight excluding hydrogens is 282 g/mol. The van der Waals surface area contributed by atoms with Crippen LogP contribution >= 0.6 is 0 Å². The van der Waals surface area contributed by atoms with Crippen molar-refractivity contribution in [3.05, 3.63) is 17.9 Å². The van der Waals surface area contributed by atoms with Crippen LogP contribution in [0, 0.1) is 0 Å². The molecule has 0 amide bonds. The van der Waals surface area contributed by atoms with Gasteiger partial charge in [0.1, 0.15) is 0 Å². The first-order valence-electron chi connectivity index (χ1n) is 6.74. The number of carboxylic acid groups (broad SMARTS) is 1. The first-order valence-corrected chi connectivity index (χ1v) is 8.18. The summed E-state index contributed by atoms with van der Waals surface area (Å²) in [4.78, 5) is 10.8. The van der Waals surface area contributed by atoms with Crippen LogP contribution in [0.3, 0.4) is 0 Å². The number of carboxylic acids is 1. The van der Waals surface area contributed by atoms with E-state index in [1.54, 1.807) is 0 Å². The van der Waals surface area contributed by atoms with Gasteiger partial charge in [-0.1, -0.05) is 25.7 Å². The third-order valence-corrected chi connectivity index (χ3v) is 5.55. The Hall–Kier alpha value is -1.34. The summed E-state index contributed by atoms with van der Waals surface area (Å²) in [6.45, 7) is 0. The van der Waals surface area contributed by atoms with E-state index in [-0.39, 0.29) is 16.9 Å². The van der Waals surface area contributed by atoms with Crippen molar-refractivity contribution < 1.29 is 22.7 Å². The zero-order valence-electron chi connectivity index (χ0n) is 11.4. The molecule has 0 aromatic carbocycles. The Balaban J connectivity index is 2.21. The van der Waals surface area contributed by atoms with Gasteiger partial charge in [0.2, 0.25) is 10.9 Å². The van der Waals surface area contributed by atoms with Crippen LogP contribution in [0.25, 0.3) is 0 Å². The van der Waals surface area contributed by atoms with E-state index in [0.29, 0.717) is 0 Å². The SMILES string of the molecule is CN(C1CCCCCC1)S(=O)(=O)c1ccc(C(=O)O)o1. The number of hydrogen-bond acceptors (Lipinski definition) is 4. The molecule has 1 aliphatic rings. The molecule has 1 aromatic heterocycles. The van der Waals surface area contributed by atoms with Gasteiger partial charge in [0.05, 0.1) is 0 Å². The first kappa shape index (κ1) is 15.1. The number of aromatic carboxylic acids is 1. The van der Waals surface area contributed by atoms with Crippen molar-refractivity contribution >= 4 is 16.0 Å². The highest BCUT2D eigenvalue weighted by Gasteiger charge is 2.31. The molecule has 0 aliphatic heterocycles.